The zero-order valence-electron chi connectivity index (χ0n) is 10.3. The summed E-state index contributed by atoms with van der Waals surface area (Å²) in [7, 11) is 0. The van der Waals surface area contributed by atoms with Crippen LogP contribution in [0.5, 0.6) is 0 Å². The van der Waals surface area contributed by atoms with Crippen molar-refractivity contribution in [2.75, 3.05) is 0 Å². The molecule has 88 valence electrons. The first-order valence-corrected chi connectivity index (χ1v) is 6.06. The van der Waals surface area contributed by atoms with Gasteiger partial charge in [0.1, 0.15) is 5.76 Å². The summed E-state index contributed by atoms with van der Waals surface area (Å²) in [6.45, 7) is 6.50. The molecule has 1 saturated heterocycles. The third-order valence-corrected chi connectivity index (χ3v) is 3.29. The van der Waals surface area contributed by atoms with Crippen molar-refractivity contribution in [3.05, 3.63) is 24.2 Å². The standard InChI is InChI=1S/C13H20N2O/c1-10-6-4-7-11(2)15(10)14-12(3)13-8-5-9-16-13/h5,8-11H,4,6-7H2,1-3H3/b14-12-/t10-,11-/m1/s1. The Kier molecular flexibility index (Phi) is 3.32. The molecule has 0 aromatic carbocycles. The molecule has 16 heavy (non-hydrogen) atoms. The molecule has 0 aliphatic carbocycles. The molecule has 0 saturated carbocycles. The van der Waals surface area contributed by atoms with E-state index in [0.717, 1.165) is 11.5 Å². The highest BCUT2D eigenvalue weighted by Crippen LogP contribution is 2.23. The van der Waals surface area contributed by atoms with Gasteiger partial charge in [0, 0.05) is 12.1 Å². The largest absolute Gasteiger partial charge is 0.463 e. The van der Waals surface area contributed by atoms with Crippen molar-refractivity contribution in [3.63, 3.8) is 0 Å². The molecule has 1 aromatic heterocycles. The van der Waals surface area contributed by atoms with E-state index in [4.69, 9.17) is 9.52 Å². The Morgan fingerprint density at radius 3 is 2.62 bits per heavy atom. The van der Waals surface area contributed by atoms with E-state index in [2.05, 4.69) is 18.9 Å². The van der Waals surface area contributed by atoms with Gasteiger partial charge in [-0.3, -0.25) is 5.01 Å². The second kappa shape index (κ2) is 4.73. The lowest BCUT2D eigenvalue weighted by Crippen LogP contribution is -2.40. The topological polar surface area (TPSA) is 28.7 Å². The normalized spacial score (nSPS) is 27.2. The molecule has 3 heteroatoms. The van der Waals surface area contributed by atoms with Crippen molar-refractivity contribution >= 4 is 5.71 Å². The predicted molar refractivity (Wildman–Crippen MR) is 65.5 cm³/mol. The van der Waals surface area contributed by atoms with Crippen molar-refractivity contribution in [1.82, 2.24) is 5.01 Å². The van der Waals surface area contributed by atoms with Crippen LogP contribution in [-0.2, 0) is 0 Å². The molecular formula is C13H20N2O. The van der Waals surface area contributed by atoms with E-state index in [9.17, 15) is 0 Å². The molecule has 0 amide bonds. The van der Waals surface area contributed by atoms with Gasteiger partial charge in [0.15, 0.2) is 0 Å². The van der Waals surface area contributed by atoms with E-state index in [0.29, 0.717) is 12.1 Å². The summed E-state index contributed by atoms with van der Waals surface area (Å²) < 4.78 is 5.35. The Morgan fingerprint density at radius 2 is 2.06 bits per heavy atom. The Hall–Kier alpha value is -1.25. The van der Waals surface area contributed by atoms with Crippen LogP contribution < -0.4 is 0 Å². The minimum Gasteiger partial charge on any atom is -0.463 e. The summed E-state index contributed by atoms with van der Waals surface area (Å²) >= 11 is 0. The lowest BCUT2D eigenvalue weighted by atomic mass is 10.00. The van der Waals surface area contributed by atoms with Crippen LogP contribution >= 0.6 is 0 Å². The van der Waals surface area contributed by atoms with E-state index in [-0.39, 0.29) is 0 Å². The summed E-state index contributed by atoms with van der Waals surface area (Å²) in [5.74, 6) is 0.866. The van der Waals surface area contributed by atoms with Crippen LogP contribution in [0.2, 0.25) is 0 Å². The summed E-state index contributed by atoms with van der Waals surface area (Å²) in [4.78, 5) is 0. The van der Waals surface area contributed by atoms with E-state index in [1.807, 2.05) is 19.1 Å². The molecule has 1 aliphatic heterocycles. The number of nitrogens with zero attached hydrogens (tertiary/aromatic N) is 2. The number of hydrazone groups is 1. The van der Waals surface area contributed by atoms with Crippen LogP contribution in [0.25, 0.3) is 0 Å². The van der Waals surface area contributed by atoms with Crippen LogP contribution in [0.1, 0.15) is 45.8 Å². The van der Waals surface area contributed by atoms with Gasteiger partial charge in [-0.15, -0.1) is 0 Å². The Morgan fingerprint density at radius 1 is 1.38 bits per heavy atom. The van der Waals surface area contributed by atoms with Crippen LogP contribution in [0.3, 0.4) is 0 Å². The van der Waals surface area contributed by atoms with E-state index < -0.39 is 0 Å². The molecule has 0 N–H and O–H groups in total. The minimum atomic E-state index is 0.536. The molecule has 0 radical (unpaired) electrons. The molecule has 1 aliphatic rings. The molecule has 0 spiro atoms. The number of piperidine rings is 1. The average Bonchev–Trinajstić information content (AvgIpc) is 2.76. The molecule has 3 nitrogen and oxygen atoms in total. The van der Waals surface area contributed by atoms with Crippen molar-refractivity contribution in [1.29, 1.82) is 0 Å². The molecule has 0 unspecified atom stereocenters. The molecular weight excluding hydrogens is 200 g/mol. The third-order valence-electron chi connectivity index (χ3n) is 3.29. The first kappa shape index (κ1) is 11.2. The lowest BCUT2D eigenvalue weighted by molar-refractivity contribution is 0.108. The highest BCUT2D eigenvalue weighted by atomic mass is 16.3. The number of hydrogen-bond donors (Lipinski definition) is 0. The van der Waals surface area contributed by atoms with Gasteiger partial charge in [-0.2, -0.15) is 5.10 Å². The summed E-state index contributed by atoms with van der Waals surface area (Å²) in [5, 5.41) is 6.92. The second-order valence-electron chi connectivity index (χ2n) is 4.67. The van der Waals surface area contributed by atoms with Crippen LogP contribution in [0.15, 0.2) is 27.9 Å². The lowest BCUT2D eigenvalue weighted by Gasteiger charge is -2.37. The second-order valence-corrected chi connectivity index (χ2v) is 4.67. The van der Waals surface area contributed by atoms with Gasteiger partial charge in [-0.1, -0.05) is 0 Å². The summed E-state index contributed by atoms with van der Waals surface area (Å²) in [5.41, 5.74) is 0.964. The highest BCUT2D eigenvalue weighted by Gasteiger charge is 2.23. The van der Waals surface area contributed by atoms with Crippen molar-refractivity contribution < 1.29 is 4.42 Å². The first-order chi connectivity index (χ1) is 7.68. The number of furan rings is 1. The molecule has 2 rings (SSSR count). The van der Waals surface area contributed by atoms with Crippen LogP contribution in [0, 0.1) is 0 Å². The summed E-state index contributed by atoms with van der Waals surface area (Å²) in [6, 6.07) is 4.93. The van der Waals surface area contributed by atoms with Crippen LogP contribution in [-0.4, -0.2) is 22.8 Å². The smallest absolute Gasteiger partial charge is 0.149 e. The molecule has 0 bridgehead atoms. The van der Waals surface area contributed by atoms with Gasteiger partial charge >= 0.3 is 0 Å². The fraction of sp³-hybridized carbons (Fsp3) is 0.615. The minimum absolute atomic E-state index is 0.536. The molecule has 2 heterocycles. The third kappa shape index (κ3) is 2.29. The van der Waals surface area contributed by atoms with Gasteiger partial charge in [0.05, 0.1) is 12.0 Å². The monoisotopic (exact) mass is 220 g/mol. The fourth-order valence-electron chi connectivity index (χ4n) is 2.31. The molecule has 1 fully saturated rings. The first-order valence-electron chi connectivity index (χ1n) is 6.06. The van der Waals surface area contributed by atoms with Crippen molar-refractivity contribution in [3.8, 4) is 0 Å². The zero-order chi connectivity index (χ0) is 11.5. The molecule has 2 atom stereocenters. The quantitative estimate of drug-likeness (QED) is 0.716. The fourth-order valence-corrected chi connectivity index (χ4v) is 2.31. The Balaban J connectivity index is 2.15. The van der Waals surface area contributed by atoms with Crippen molar-refractivity contribution in [2.45, 2.75) is 52.1 Å². The number of rotatable bonds is 2. The SMILES string of the molecule is C/C(=N/N1[C@H](C)CCC[C@H]1C)c1ccco1. The highest BCUT2D eigenvalue weighted by molar-refractivity contribution is 5.95. The van der Waals surface area contributed by atoms with Crippen LogP contribution in [0.4, 0.5) is 0 Å². The Bertz CT molecular complexity index is 346. The Labute approximate surface area is 97.1 Å². The van der Waals surface area contributed by atoms with Gasteiger partial charge in [0.2, 0.25) is 0 Å². The number of hydrogen-bond acceptors (Lipinski definition) is 3. The summed E-state index contributed by atoms with van der Waals surface area (Å²) in [6.07, 6.45) is 5.48. The maximum Gasteiger partial charge on any atom is 0.149 e. The molecule has 1 aromatic rings. The van der Waals surface area contributed by atoms with Gasteiger partial charge < -0.3 is 4.42 Å². The van der Waals surface area contributed by atoms with E-state index in [1.54, 1.807) is 6.26 Å². The van der Waals surface area contributed by atoms with E-state index >= 15 is 0 Å². The van der Waals surface area contributed by atoms with Gasteiger partial charge in [-0.25, -0.2) is 0 Å². The van der Waals surface area contributed by atoms with Gasteiger partial charge in [-0.05, 0) is 52.2 Å². The zero-order valence-corrected chi connectivity index (χ0v) is 10.3. The maximum atomic E-state index is 5.35. The maximum absolute atomic E-state index is 5.35. The average molecular weight is 220 g/mol. The van der Waals surface area contributed by atoms with Gasteiger partial charge in [0.25, 0.3) is 0 Å². The van der Waals surface area contributed by atoms with Crippen molar-refractivity contribution in [2.24, 2.45) is 5.10 Å². The van der Waals surface area contributed by atoms with E-state index in [1.165, 1.54) is 19.3 Å². The predicted octanol–water partition coefficient (Wildman–Crippen LogP) is 3.27.